The van der Waals surface area contributed by atoms with Crippen molar-refractivity contribution in [3.63, 3.8) is 0 Å². The van der Waals surface area contributed by atoms with Crippen molar-refractivity contribution in [3.05, 3.63) is 114 Å². The fourth-order valence-corrected chi connectivity index (χ4v) is 4.72. The Labute approximate surface area is 229 Å². The van der Waals surface area contributed by atoms with Gasteiger partial charge < -0.3 is 31.3 Å². The van der Waals surface area contributed by atoms with Crippen LogP contribution in [0.25, 0.3) is 0 Å². The van der Waals surface area contributed by atoms with Crippen LogP contribution in [0.1, 0.15) is 22.9 Å². The summed E-state index contributed by atoms with van der Waals surface area (Å²) in [7, 11) is 0. The van der Waals surface area contributed by atoms with Gasteiger partial charge in [-0.25, -0.2) is 4.98 Å². The standard InChI is InChI=1S/C31H34N6O2/c32-31(39)27-22-34-29(20-28(27)33-21-24-9-5-2-6-10-24)35-25-11-13-26(14-12-25)36-15-17-37(18-16-36)30(38)19-23-7-3-1-4-8-23/h1-14,20,22,31,39H,15-19,21,32H2,(H2,33,34,35). The Morgan fingerprint density at radius 1 is 0.897 bits per heavy atom. The molecule has 8 heteroatoms. The topological polar surface area (TPSA) is 107 Å². The lowest BCUT2D eigenvalue weighted by molar-refractivity contribution is -0.130. The Morgan fingerprint density at radius 2 is 1.54 bits per heavy atom. The van der Waals surface area contributed by atoms with Crippen LogP contribution < -0.4 is 21.3 Å². The molecule has 5 N–H and O–H groups in total. The number of carbonyl (C=O) groups excluding carboxylic acids is 1. The van der Waals surface area contributed by atoms with E-state index in [4.69, 9.17) is 5.73 Å². The van der Waals surface area contributed by atoms with Crippen molar-refractivity contribution in [2.24, 2.45) is 5.73 Å². The number of rotatable bonds is 9. The van der Waals surface area contributed by atoms with E-state index in [-0.39, 0.29) is 5.91 Å². The molecule has 4 aromatic rings. The van der Waals surface area contributed by atoms with Crippen LogP contribution in [0.3, 0.4) is 0 Å². The minimum atomic E-state index is -1.13. The van der Waals surface area contributed by atoms with Gasteiger partial charge >= 0.3 is 0 Å². The SMILES string of the molecule is NC(O)c1cnc(Nc2ccc(N3CCN(C(=O)Cc4ccccc4)CC3)cc2)cc1NCc1ccccc1. The molecule has 1 atom stereocenters. The predicted molar refractivity (Wildman–Crippen MR) is 156 cm³/mol. The molecular formula is C31H34N6O2. The highest BCUT2D eigenvalue weighted by molar-refractivity contribution is 5.79. The fraction of sp³-hybridized carbons (Fsp3) is 0.226. The van der Waals surface area contributed by atoms with Gasteiger partial charge in [-0.15, -0.1) is 0 Å². The Morgan fingerprint density at radius 3 is 2.18 bits per heavy atom. The van der Waals surface area contributed by atoms with Gasteiger partial charge in [0.05, 0.1) is 6.42 Å². The summed E-state index contributed by atoms with van der Waals surface area (Å²) in [6.45, 7) is 3.63. The molecule has 200 valence electrons. The van der Waals surface area contributed by atoms with Crippen LogP contribution in [-0.2, 0) is 17.8 Å². The highest BCUT2D eigenvalue weighted by Gasteiger charge is 2.21. The normalized spacial score (nSPS) is 14.1. The van der Waals surface area contributed by atoms with Crippen LogP contribution in [-0.4, -0.2) is 47.1 Å². The third-order valence-corrected chi connectivity index (χ3v) is 6.91. The lowest BCUT2D eigenvalue weighted by atomic mass is 10.1. The maximum absolute atomic E-state index is 12.7. The van der Waals surface area contributed by atoms with Crippen LogP contribution >= 0.6 is 0 Å². The minimum Gasteiger partial charge on any atom is -0.380 e. The molecule has 2 heterocycles. The van der Waals surface area contributed by atoms with Gasteiger partial charge in [-0.2, -0.15) is 0 Å². The van der Waals surface area contributed by atoms with E-state index in [1.54, 1.807) is 6.20 Å². The summed E-state index contributed by atoms with van der Waals surface area (Å²) in [5.74, 6) is 0.826. The van der Waals surface area contributed by atoms with E-state index in [0.717, 1.165) is 41.3 Å². The number of pyridine rings is 1. The van der Waals surface area contributed by atoms with E-state index in [0.29, 0.717) is 37.4 Å². The number of aliphatic hydroxyl groups excluding tert-OH is 1. The quantitative estimate of drug-likeness (QED) is 0.243. The molecule has 0 aliphatic carbocycles. The van der Waals surface area contributed by atoms with Crippen LogP contribution in [0.4, 0.5) is 22.9 Å². The molecule has 1 aliphatic heterocycles. The molecule has 1 aromatic heterocycles. The summed E-state index contributed by atoms with van der Waals surface area (Å²) in [6, 6.07) is 30.0. The number of nitrogens with two attached hydrogens (primary N) is 1. The minimum absolute atomic E-state index is 0.179. The second-order valence-corrected chi connectivity index (χ2v) is 9.64. The lowest BCUT2D eigenvalue weighted by Gasteiger charge is -2.36. The number of nitrogens with one attached hydrogen (secondary N) is 2. The molecule has 39 heavy (non-hydrogen) atoms. The van der Waals surface area contributed by atoms with Gasteiger partial charge in [-0.3, -0.25) is 4.79 Å². The van der Waals surface area contributed by atoms with Crippen molar-refractivity contribution in [2.45, 2.75) is 19.2 Å². The number of benzene rings is 3. The van der Waals surface area contributed by atoms with Crippen molar-refractivity contribution in [2.75, 3.05) is 41.7 Å². The van der Waals surface area contributed by atoms with Crippen molar-refractivity contribution in [1.82, 2.24) is 9.88 Å². The first-order valence-corrected chi connectivity index (χ1v) is 13.2. The summed E-state index contributed by atoms with van der Waals surface area (Å²) in [5.41, 5.74) is 11.2. The van der Waals surface area contributed by atoms with Crippen molar-refractivity contribution >= 4 is 28.8 Å². The molecule has 0 radical (unpaired) electrons. The number of amides is 1. The Balaban J connectivity index is 1.17. The second-order valence-electron chi connectivity index (χ2n) is 9.64. The predicted octanol–water partition coefficient (Wildman–Crippen LogP) is 4.28. The average Bonchev–Trinajstić information content (AvgIpc) is 2.97. The summed E-state index contributed by atoms with van der Waals surface area (Å²) < 4.78 is 0. The fourth-order valence-electron chi connectivity index (χ4n) is 4.72. The molecular weight excluding hydrogens is 488 g/mol. The zero-order valence-corrected chi connectivity index (χ0v) is 21.8. The zero-order valence-electron chi connectivity index (χ0n) is 21.8. The third-order valence-electron chi connectivity index (χ3n) is 6.91. The van der Waals surface area contributed by atoms with E-state index in [2.05, 4.69) is 32.7 Å². The molecule has 3 aromatic carbocycles. The number of hydrogen-bond acceptors (Lipinski definition) is 7. The molecule has 1 saturated heterocycles. The third kappa shape index (κ3) is 6.93. The number of piperazine rings is 1. The summed E-state index contributed by atoms with van der Waals surface area (Å²) in [6.07, 6.45) is 0.912. The molecule has 1 unspecified atom stereocenters. The summed E-state index contributed by atoms with van der Waals surface area (Å²) in [5, 5.41) is 16.7. The van der Waals surface area contributed by atoms with Gasteiger partial charge in [-0.1, -0.05) is 60.7 Å². The van der Waals surface area contributed by atoms with Crippen molar-refractivity contribution in [1.29, 1.82) is 0 Å². The Kier molecular flexibility index (Phi) is 8.36. The summed E-state index contributed by atoms with van der Waals surface area (Å²) >= 11 is 0. The molecule has 1 fully saturated rings. The molecule has 1 amide bonds. The molecule has 0 bridgehead atoms. The van der Waals surface area contributed by atoms with E-state index >= 15 is 0 Å². The number of aromatic nitrogens is 1. The molecule has 8 nitrogen and oxygen atoms in total. The number of aliphatic hydroxyl groups is 1. The molecule has 1 aliphatic rings. The second kappa shape index (κ2) is 12.4. The van der Waals surface area contributed by atoms with Crippen LogP contribution in [0.5, 0.6) is 0 Å². The van der Waals surface area contributed by atoms with Crippen molar-refractivity contribution < 1.29 is 9.90 Å². The Bertz CT molecular complexity index is 1360. The number of hydrogen-bond donors (Lipinski definition) is 4. The van der Waals surface area contributed by atoms with Crippen LogP contribution in [0, 0.1) is 0 Å². The van der Waals surface area contributed by atoms with Crippen molar-refractivity contribution in [3.8, 4) is 0 Å². The molecule has 5 rings (SSSR count). The average molecular weight is 523 g/mol. The lowest BCUT2D eigenvalue weighted by Crippen LogP contribution is -2.49. The number of nitrogens with zero attached hydrogens (tertiary/aromatic N) is 3. The maximum Gasteiger partial charge on any atom is 0.227 e. The number of anilines is 4. The van der Waals surface area contributed by atoms with Gasteiger partial charge in [0, 0.05) is 67.6 Å². The summed E-state index contributed by atoms with van der Waals surface area (Å²) in [4.78, 5) is 21.4. The first-order chi connectivity index (χ1) is 19.0. The van der Waals surface area contributed by atoms with Gasteiger partial charge in [-0.05, 0) is 35.4 Å². The smallest absolute Gasteiger partial charge is 0.227 e. The number of carbonyl (C=O) groups is 1. The van der Waals surface area contributed by atoms with Gasteiger partial charge in [0.15, 0.2) is 0 Å². The highest BCUT2D eigenvalue weighted by atomic mass is 16.3. The van der Waals surface area contributed by atoms with Gasteiger partial charge in [0.1, 0.15) is 12.0 Å². The largest absolute Gasteiger partial charge is 0.380 e. The molecule has 0 saturated carbocycles. The van der Waals surface area contributed by atoms with Crippen LogP contribution in [0.15, 0.2) is 97.2 Å². The maximum atomic E-state index is 12.7. The Hall–Kier alpha value is -4.40. The highest BCUT2D eigenvalue weighted by Crippen LogP contribution is 2.26. The van der Waals surface area contributed by atoms with E-state index < -0.39 is 6.23 Å². The first kappa shape index (κ1) is 26.2. The monoisotopic (exact) mass is 522 g/mol. The van der Waals surface area contributed by atoms with E-state index in [9.17, 15) is 9.90 Å². The molecule has 0 spiro atoms. The van der Waals surface area contributed by atoms with E-state index in [1.165, 1.54) is 0 Å². The van der Waals surface area contributed by atoms with Gasteiger partial charge in [0.2, 0.25) is 5.91 Å². The zero-order chi connectivity index (χ0) is 27.0. The first-order valence-electron chi connectivity index (χ1n) is 13.2. The van der Waals surface area contributed by atoms with E-state index in [1.807, 2.05) is 83.8 Å². The van der Waals surface area contributed by atoms with Gasteiger partial charge in [0.25, 0.3) is 0 Å². The van der Waals surface area contributed by atoms with Crippen LogP contribution in [0.2, 0.25) is 0 Å².